The fourth-order valence-electron chi connectivity index (χ4n) is 3.33. The zero-order valence-corrected chi connectivity index (χ0v) is 13.4. The molecule has 3 heterocycles. The van der Waals surface area contributed by atoms with Crippen molar-refractivity contribution in [2.75, 3.05) is 13.1 Å². The molecule has 126 valence electrons. The van der Waals surface area contributed by atoms with Crippen LogP contribution >= 0.6 is 0 Å². The van der Waals surface area contributed by atoms with Gasteiger partial charge in [-0.2, -0.15) is 0 Å². The Morgan fingerprint density at radius 2 is 2.22 bits per heavy atom. The second-order valence-electron chi connectivity index (χ2n) is 6.23. The third kappa shape index (κ3) is 3.36. The highest BCUT2D eigenvalue weighted by molar-refractivity contribution is 5.88. The zero-order valence-electron chi connectivity index (χ0n) is 13.4. The number of likely N-dealkylation sites (tertiary alicyclic amines) is 1. The molecule has 0 bridgehead atoms. The predicted molar refractivity (Wildman–Crippen MR) is 81.6 cm³/mol. The van der Waals surface area contributed by atoms with E-state index < -0.39 is 5.91 Å². The summed E-state index contributed by atoms with van der Waals surface area (Å²) in [4.78, 5) is 29.5. The molecule has 8 heteroatoms. The van der Waals surface area contributed by atoms with Crippen LogP contribution in [-0.4, -0.2) is 56.8 Å². The summed E-state index contributed by atoms with van der Waals surface area (Å²) < 4.78 is 7.46. The number of ether oxygens (including phenoxy) is 1. The van der Waals surface area contributed by atoms with Crippen LogP contribution in [0.2, 0.25) is 0 Å². The fourth-order valence-corrected chi connectivity index (χ4v) is 3.33. The smallest absolute Gasteiger partial charge is 0.288 e. The topological polar surface area (TPSA) is 103 Å². The average molecular weight is 321 g/mol. The van der Waals surface area contributed by atoms with Gasteiger partial charge in [0, 0.05) is 13.1 Å². The normalized spacial score (nSPS) is 28.0. The van der Waals surface area contributed by atoms with Crippen molar-refractivity contribution in [3.63, 3.8) is 0 Å². The molecule has 0 aromatic carbocycles. The largest absolute Gasteiger partial charge is 0.365 e. The standard InChI is InChI=1S/C15H23N5O3/c1-2-11-5-6-12(23-11)15(22)19-7-3-4-10(8-19)20-9-17-14(18-20)13(16)21/h9-12H,2-8H2,1H3,(H2,16,21)/t10-,11+,12+/m0/s1. The molecule has 2 aliphatic rings. The maximum atomic E-state index is 12.6. The van der Waals surface area contributed by atoms with Crippen molar-refractivity contribution in [3.8, 4) is 0 Å². The number of nitrogens with two attached hydrogens (primary N) is 1. The van der Waals surface area contributed by atoms with Gasteiger partial charge in [-0.3, -0.25) is 9.59 Å². The van der Waals surface area contributed by atoms with Gasteiger partial charge in [0.05, 0.1) is 12.1 Å². The molecule has 23 heavy (non-hydrogen) atoms. The van der Waals surface area contributed by atoms with E-state index in [2.05, 4.69) is 17.0 Å². The number of piperidine rings is 1. The highest BCUT2D eigenvalue weighted by atomic mass is 16.5. The van der Waals surface area contributed by atoms with Crippen LogP contribution in [0.5, 0.6) is 0 Å². The third-order valence-electron chi connectivity index (χ3n) is 4.65. The van der Waals surface area contributed by atoms with Crippen LogP contribution in [0, 0.1) is 0 Å². The molecule has 1 aromatic rings. The summed E-state index contributed by atoms with van der Waals surface area (Å²) in [6.07, 6.45) is 5.90. The number of aromatic nitrogens is 3. The summed E-state index contributed by atoms with van der Waals surface area (Å²) in [6, 6.07) is 0.0247. The molecule has 3 rings (SSSR count). The Hall–Kier alpha value is -1.96. The lowest BCUT2D eigenvalue weighted by atomic mass is 10.0. The first-order valence-corrected chi connectivity index (χ1v) is 8.23. The maximum absolute atomic E-state index is 12.6. The maximum Gasteiger partial charge on any atom is 0.288 e. The van der Waals surface area contributed by atoms with E-state index in [9.17, 15) is 9.59 Å². The van der Waals surface area contributed by atoms with E-state index in [1.807, 2.05) is 4.90 Å². The molecule has 2 fully saturated rings. The van der Waals surface area contributed by atoms with Crippen LogP contribution in [0.4, 0.5) is 0 Å². The van der Waals surface area contributed by atoms with Gasteiger partial charge in [-0.1, -0.05) is 6.92 Å². The third-order valence-corrected chi connectivity index (χ3v) is 4.65. The second-order valence-corrected chi connectivity index (χ2v) is 6.23. The summed E-state index contributed by atoms with van der Waals surface area (Å²) in [5.74, 6) is -0.559. The van der Waals surface area contributed by atoms with Gasteiger partial charge >= 0.3 is 0 Å². The summed E-state index contributed by atoms with van der Waals surface area (Å²) in [7, 11) is 0. The Balaban J connectivity index is 1.63. The number of hydrogen-bond acceptors (Lipinski definition) is 5. The first-order valence-electron chi connectivity index (χ1n) is 8.23. The molecule has 0 saturated carbocycles. The van der Waals surface area contributed by atoms with Gasteiger partial charge in [0.15, 0.2) is 0 Å². The molecule has 3 atom stereocenters. The Labute approximate surface area is 135 Å². The van der Waals surface area contributed by atoms with Crippen molar-refractivity contribution in [2.45, 2.75) is 57.3 Å². The number of carbonyl (C=O) groups is 2. The van der Waals surface area contributed by atoms with Crippen molar-refractivity contribution in [2.24, 2.45) is 5.73 Å². The van der Waals surface area contributed by atoms with Crippen LogP contribution in [0.25, 0.3) is 0 Å². The highest BCUT2D eigenvalue weighted by Gasteiger charge is 2.35. The van der Waals surface area contributed by atoms with Crippen LogP contribution in [0.1, 0.15) is 55.7 Å². The molecular formula is C15H23N5O3. The van der Waals surface area contributed by atoms with Crippen molar-refractivity contribution in [1.82, 2.24) is 19.7 Å². The average Bonchev–Trinajstić information content (AvgIpc) is 3.23. The van der Waals surface area contributed by atoms with Crippen molar-refractivity contribution < 1.29 is 14.3 Å². The predicted octanol–water partition coefficient (Wildman–Crippen LogP) is 0.498. The molecule has 2 saturated heterocycles. The van der Waals surface area contributed by atoms with E-state index in [0.29, 0.717) is 6.54 Å². The molecule has 0 unspecified atom stereocenters. The lowest BCUT2D eigenvalue weighted by Crippen LogP contribution is -2.45. The van der Waals surface area contributed by atoms with Gasteiger partial charge < -0.3 is 15.4 Å². The monoisotopic (exact) mass is 321 g/mol. The first kappa shape index (κ1) is 15.9. The van der Waals surface area contributed by atoms with Gasteiger partial charge in [0.2, 0.25) is 5.82 Å². The van der Waals surface area contributed by atoms with E-state index in [0.717, 1.165) is 38.6 Å². The van der Waals surface area contributed by atoms with Crippen LogP contribution in [-0.2, 0) is 9.53 Å². The molecule has 0 radical (unpaired) electrons. The Bertz CT molecular complexity index is 587. The highest BCUT2D eigenvalue weighted by Crippen LogP contribution is 2.26. The van der Waals surface area contributed by atoms with E-state index in [-0.39, 0.29) is 30.0 Å². The Morgan fingerprint density at radius 3 is 2.87 bits per heavy atom. The Kier molecular flexibility index (Phi) is 4.61. The number of primary amides is 1. The number of hydrogen-bond donors (Lipinski definition) is 1. The molecule has 0 aliphatic carbocycles. The van der Waals surface area contributed by atoms with Gasteiger partial charge in [-0.05, 0) is 32.1 Å². The Morgan fingerprint density at radius 1 is 1.39 bits per heavy atom. The van der Waals surface area contributed by atoms with Crippen LogP contribution in [0.3, 0.4) is 0 Å². The van der Waals surface area contributed by atoms with E-state index >= 15 is 0 Å². The molecule has 2 amide bonds. The van der Waals surface area contributed by atoms with Gasteiger partial charge in [-0.15, -0.1) is 5.10 Å². The number of amides is 2. The van der Waals surface area contributed by atoms with Crippen molar-refractivity contribution >= 4 is 11.8 Å². The SMILES string of the molecule is CC[C@@H]1CC[C@H](C(=O)N2CCC[C@H](n3cnc(C(N)=O)n3)C2)O1. The lowest BCUT2D eigenvalue weighted by molar-refractivity contribution is -0.144. The molecule has 8 nitrogen and oxygen atoms in total. The number of carbonyl (C=O) groups excluding carboxylic acids is 2. The minimum absolute atomic E-state index is 0.0124. The van der Waals surface area contributed by atoms with Crippen molar-refractivity contribution in [3.05, 3.63) is 12.2 Å². The number of nitrogens with zero attached hydrogens (tertiary/aromatic N) is 4. The van der Waals surface area contributed by atoms with Crippen LogP contribution in [0.15, 0.2) is 6.33 Å². The second kappa shape index (κ2) is 6.66. The molecular weight excluding hydrogens is 298 g/mol. The van der Waals surface area contributed by atoms with Crippen LogP contribution < -0.4 is 5.73 Å². The molecule has 0 spiro atoms. The van der Waals surface area contributed by atoms with E-state index in [4.69, 9.17) is 10.5 Å². The van der Waals surface area contributed by atoms with Crippen molar-refractivity contribution in [1.29, 1.82) is 0 Å². The van der Waals surface area contributed by atoms with E-state index in [1.54, 1.807) is 4.68 Å². The minimum atomic E-state index is -0.641. The molecule has 1 aromatic heterocycles. The summed E-state index contributed by atoms with van der Waals surface area (Å²) in [6.45, 7) is 3.38. The van der Waals surface area contributed by atoms with Gasteiger partial charge in [0.1, 0.15) is 12.4 Å². The van der Waals surface area contributed by atoms with Gasteiger partial charge in [-0.25, -0.2) is 9.67 Å². The lowest BCUT2D eigenvalue weighted by Gasteiger charge is -2.34. The minimum Gasteiger partial charge on any atom is -0.365 e. The number of rotatable bonds is 4. The molecule has 2 N–H and O–H groups in total. The quantitative estimate of drug-likeness (QED) is 0.869. The first-order chi connectivity index (χ1) is 11.1. The summed E-state index contributed by atoms with van der Waals surface area (Å²) in [5.41, 5.74) is 5.18. The summed E-state index contributed by atoms with van der Waals surface area (Å²) >= 11 is 0. The summed E-state index contributed by atoms with van der Waals surface area (Å²) in [5, 5.41) is 4.11. The van der Waals surface area contributed by atoms with E-state index in [1.165, 1.54) is 6.33 Å². The molecule has 2 aliphatic heterocycles. The zero-order chi connectivity index (χ0) is 16.4. The van der Waals surface area contributed by atoms with Gasteiger partial charge in [0.25, 0.3) is 11.8 Å². The fraction of sp³-hybridized carbons (Fsp3) is 0.733.